The van der Waals surface area contributed by atoms with E-state index in [9.17, 15) is 64.0 Å². The summed E-state index contributed by atoms with van der Waals surface area (Å²) >= 11 is 0. The van der Waals surface area contributed by atoms with Crippen LogP contribution in [-0.2, 0) is 42.8 Å². The molecule has 3 heterocycles. The highest BCUT2D eigenvalue weighted by Crippen LogP contribution is 2.38. The molecule has 2 amide bonds. The molecule has 0 unspecified atom stereocenters. The predicted molar refractivity (Wildman–Crippen MR) is 162 cm³/mol. The Bertz CT molecular complexity index is 1260. The molecule has 3 aliphatic rings. The Morgan fingerprint density at radius 1 is 0.962 bits per heavy atom. The molecule has 0 aromatic rings. The van der Waals surface area contributed by atoms with Crippen molar-refractivity contribution in [3.05, 3.63) is 10.4 Å². The molecule has 0 bridgehead atoms. The lowest BCUT2D eigenvalue weighted by Gasteiger charge is -2.50. The van der Waals surface area contributed by atoms with Crippen LogP contribution in [0.4, 0.5) is 8.78 Å². The summed E-state index contributed by atoms with van der Waals surface area (Å²) in [5, 5.41) is 92.7. The normalized spacial score (nSPS) is 39.1. The lowest BCUT2D eigenvalue weighted by molar-refractivity contribution is -0.380. The van der Waals surface area contributed by atoms with Gasteiger partial charge in [0.05, 0.1) is 18.8 Å². The summed E-state index contributed by atoms with van der Waals surface area (Å²) in [6.45, 7) is -2.00. The number of ether oxygens (including phenoxy) is 6. The average molecular weight is 762 g/mol. The Balaban J connectivity index is 1.97. The number of carbonyl (C=O) groups is 3. The SMILES string of the molecule is CC(=O)N[C@H]1[C@@H](OCCCN=[N+]=[N-])O[C@H](CF)[C@H](O)[C@@H]1O[C@@H]1O[C@H](CF)[C@H](O)[C@H](O[C@]2(C(=O)O)C[C@H](O)[C@@H](NC(C)=O)[C@H]([C@H](O)[C@H](O)CO)O2)[C@H]1O. The lowest BCUT2D eigenvalue weighted by Crippen LogP contribution is -2.71. The maximum absolute atomic E-state index is 14.3. The molecule has 3 rings (SSSR count). The number of aliphatic hydroxyl groups is 7. The molecule has 10 N–H and O–H groups in total. The molecular formula is C28H45F2N5O17. The molecule has 16 atom stereocenters. The fourth-order valence-corrected chi connectivity index (χ4v) is 6.02. The second-order valence-corrected chi connectivity index (χ2v) is 12.3. The van der Waals surface area contributed by atoms with Crippen LogP contribution in [0.5, 0.6) is 0 Å². The number of alkyl halides is 2. The molecule has 0 radical (unpaired) electrons. The first-order chi connectivity index (χ1) is 24.5. The van der Waals surface area contributed by atoms with E-state index in [1.165, 1.54) is 0 Å². The number of nitrogens with zero attached hydrogens (tertiary/aromatic N) is 3. The predicted octanol–water partition coefficient (Wildman–Crippen LogP) is -4.40. The maximum Gasteiger partial charge on any atom is 0.364 e. The van der Waals surface area contributed by atoms with Crippen molar-refractivity contribution in [2.75, 3.05) is 33.1 Å². The van der Waals surface area contributed by atoms with Crippen LogP contribution in [0.25, 0.3) is 10.4 Å². The van der Waals surface area contributed by atoms with Gasteiger partial charge in [-0.3, -0.25) is 9.59 Å². The molecule has 0 aromatic heterocycles. The summed E-state index contributed by atoms with van der Waals surface area (Å²) < 4.78 is 61.6. The molecule has 22 nitrogen and oxygen atoms in total. The molecule has 3 saturated heterocycles. The van der Waals surface area contributed by atoms with Gasteiger partial charge in [-0.15, -0.1) is 0 Å². The number of carbonyl (C=O) groups excluding carboxylic acids is 2. The molecule has 3 fully saturated rings. The van der Waals surface area contributed by atoms with Gasteiger partial charge in [0.25, 0.3) is 5.79 Å². The third kappa shape index (κ3) is 10.2. The van der Waals surface area contributed by atoms with Crippen LogP contribution in [0, 0.1) is 0 Å². The van der Waals surface area contributed by atoms with Crippen molar-refractivity contribution in [2.45, 2.75) is 124 Å². The minimum atomic E-state index is -3.12. The van der Waals surface area contributed by atoms with Crippen LogP contribution in [-0.4, -0.2) is 189 Å². The summed E-state index contributed by atoms with van der Waals surface area (Å²) in [6.07, 6.45) is -26.7. The standard InChI is InChI=1S/C28H45F2N5O17/c1-10(37)33-16-12(39)6-28(27(45)46,51-23(16)18(41)13(40)9-36)52-24-20(43)15(8-30)49-26(21(24)44)50-22-17(34-11(2)38)25(47-5-3-4-32-35-31)48-14(7-29)19(22)42/h12-26,36,39-44H,3-9H2,1-2H3,(H,33,37)(H,34,38)(H,45,46)/t12-,13+,14+,15+,16+,17+,18+,19-,20-,21+,22+,23+,24-,25-,26-,28-/m0/s1. The van der Waals surface area contributed by atoms with Crippen LogP contribution in [0.1, 0.15) is 26.7 Å². The smallest absolute Gasteiger partial charge is 0.364 e. The van der Waals surface area contributed by atoms with Crippen molar-refractivity contribution in [1.29, 1.82) is 0 Å². The second-order valence-electron chi connectivity index (χ2n) is 12.3. The summed E-state index contributed by atoms with van der Waals surface area (Å²) in [7, 11) is 0. The number of rotatable bonds is 17. The summed E-state index contributed by atoms with van der Waals surface area (Å²) in [5.41, 5.74) is 8.47. The van der Waals surface area contributed by atoms with E-state index in [-0.39, 0.29) is 19.6 Å². The number of carboxylic acid groups (broad SMARTS) is 1. The van der Waals surface area contributed by atoms with E-state index in [2.05, 4.69) is 20.7 Å². The first-order valence-electron chi connectivity index (χ1n) is 16.1. The summed E-state index contributed by atoms with van der Waals surface area (Å²) in [5.74, 6) is -6.65. The molecule has 0 aromatic carbocycles. The molecule has 0 spiro atoms. The van der Waals surface area contributed by atoms with Crippen molar-refractivity contribution >= 4 is 17.8 Å². The van der Waals surface area contributed by atoms with E-state index in [1.54, 1.807) is 0 Å². The average Bonchev–Trinajstić information content (AvgIpc) is 3.09. The van der Waals surface area contributed by atoms with Gasteiger partial charge >= 0.3 is 5.97 Å². The quantitative estimate of drug-likeness (QED) is 0.0289. The van der Waals surface area contributed by atoms with Gasteiger partial charge in [-0.25, -0.2) is 13.6 Å². The van der Waals surface area contributed by atoms with Crippen LogP contribution < -0.4 is 10.6 Å². The number of carboxylic acids is 1. The third-order valence-corrected chi connectivity index (χ3v) is 8.54. The summed E-state index contributed by atoms with van der Waals surface area (Å²) in [6, 6.07) is -3.07. The zero-order chi connectivity index (χ0) is 38.9. The van der Waals surface area contributed by atoms with E-state index >= 15 is 0 Å². The van der Waals surface area contributed by atoms with Gasteiger partial charge in [0, 0.05) is 38.3 Å². The van der Waals surface area contributed by atoms with Crippen molar-refractivity contribution in [2.24, 2.45) is 5.11 Å². The molecular weight excluding hydrogens is 716 g/mol. The topological polar surface area (TPSA) is 341 Å². The number of azide groups is 1. The van der Waals surface area contributed by atoms with Crippen molar-refractivity contribution in [3.8, 4) is 0 Å². The molecule has 298 valence electrons. The first kappa shape index (κ1) is 43.5. The Morgan fingerprint density at radius 2 is 1.54 bits per heavy atom. The monoisotopic (exact) mass is 761 g/mol. The number of amides is 2. The maximum atomic E-state index is 14.3. The zero-order valence-electron chi connectivity index (χ0n) is 28.0. The Labute approximate surface area is 294 Å². The number of nitrogens with one attached hydrogen (secondary N) is 2. The van der Waals surface area contributed by atoms with Gasteiger partial charge in [-0.1, -0.05) is 5.11 Å². The molecule has 52 heavy (non-hydrogen) atoms. The van der Waals surface area contributed by atoms with Crippen LogP contribution >= 0.6 is 0 Å². The lowest BCUT2D eigenvalue weighted by atomic mass is 9.88. The van der Waals surface area contributed by atoms with E-state index in [1.807, 2.05) is 0 Å². The number of hydrogen-bond donors (Lipinski definition) is 10. The fraction of sp³-hybridized carbons (Fsp3) is 0.893. The van der Waals surface area contributed by atoms with Gasteiger partial charge < -0.3 is 79.9 Å². The van der Waals surface area contributed by atoms with Crippen molar-refractivity contribution in [3.63, 3.8) is 0 Å². The zero-order valence-corrected chi connectivity index (χ0v) is 28.0. The van der Waals surface area contributed by atoms with E-state index in [0.717, 1.165) is 13.8 Å². The molecule has 0 saturated carbocycles. The van der Waals surface area contributed by atoms with Crippen LogP contribution in [0.2, 0.25) is 0 Å². The van der Waals surface area contributed by atoms with E-state index in [4.69, 9.17) is 34.0 Å². The highest BCUT2D eigenvalue weighted by atomic mass is 19.1. The Morgan fingerprint density at radius 3 is 2.08 bits per heavy atom. The second kappa shape index (κ2) is 19.4. The number of aliphatic hydroxyl groups excluding tert-OH is 7. The largest absolute Gasteiger partial charge is 0.477 e. The number of halogens is 2. The highest BCUT2D eigenvalue weighted by molar-refractivity contribution is 5.76. The molecule has 0 aliphatic carbocycles. The van der Waals surface area contributed by atoms with Crippen molar-refractivity contribution in [1.82, 2.24) is 10.6 Å². The number of aliphatic carboxylic acids is 1. The van der Waals surface area contributed by atoms with E-state index < -0.39 is 142 Å². The third-order valence-electron chi connectivity index (χ3n) is 8.54. The van der Waals surface area contributed by atoms with Gasteiger partial charge in [0.2, 0.25) is 11.8 Å². The van der Waals surface area contributed by atoms with Gasteiger partial charge in [-0.05, 0) is 12.0 Å². The fourth-order valence-electron chi connectivity index (χ4n) is 6.02. The van der Waals surface area contributed by atoms with Gasteiger partial charge in [0.15, 0.2) is 12.6 Å². The summed E-state index contributed by atoms with van der Waals surface area (Å²) in [4.78, 5) is 39.3. The minimum absolute atomic E-state index is 0.00620. The first-order valence-corrected chi connectivity index (χ1v) is 16.1. The van der Waals surface area contributed by atoms with Crippen molar-refractivity contribution < 1.29 is 92.4 Å². The minimum Gasteiger partial charge on any atom is -0.477 e. The molecule has 3 aliphatic heterocycles. The van der Waals surface area contributed by atoms with Gasteiger partial charge in [0.1, 0.15) is 80.4 Å². The molecule has 24 heteroatoms. The Kier molecular flexibility index (Phi) is 16.2. The van der Waals surface area contributed by atoms with Crippen LogP contribution in [0.15, 0.2) is 5.11 Å². The highest BCUT2D eigenvalue weighted by Gasteiger charge is 2.60. The van der Waals surface area contributed by atoms with E-state index in [0.29, 0.717) is 0 Å². The number of hydrogen-bond acceptors (Lipinski definition) is 17. The van der Waals surface area contributed by atoms with Gasteiger partial charge in [-0.2, -0.15) is 0 Å². The van der Waals surface area contributed by atoms with Crippen LogP contribution in [0.3, 0.4) is 0 Å². The Hall–Kier alpha value is -2.94.